The van der Waals surface area contributed by atoms with Gasteiger partial charge in [0.25, 0.3) is 0 Å². The van der Waals surface area contributed by atoms with Crippen LogP contribution in [-0.4, -0.2) is 7.11 Å². The first-order valence-corrected chi connectivity index (χ1v) is 5.33. The Bertz CT molecular complexity index is 599. The summed E-state index contributed by atoms with van der Waals surface area (Å²) in [5, 5.41) is 0. The van der Waals surface area contributed by atoms with Crippen molar-refractivity contribution < 1.29 is 26.7 Å². The molecule has 1 aromatic carbocycles. The predicted molar refractivity (Wildman–Crippen MR) is 60.4 cm³/mol. The summed E-state index contributed by atoms with van der Waals surface area (Å²) in [7, 11) is 1.22. The molecule has 6 heteroatoms. The largest absolute Gasteiger partial charge is 0.496 e. The summed E-state index contributed by atoms with van der Waals surface area (Å²) < 4.78 is 61.4. The maximum absolute atomic E-state index is 13.6. The number of alkyl halides is 3. The van der Waals surface area contributed by atoms with E-state index in [1.807, 2.05) is 0 Å². The lowest BCUT2D eigenvalue weighted by Crippen LogP contribution is -2.09. The Morgan fingerprint density at radius 1 is 1.21 bits per heavy atom. The Balaban J connectivity index is 2.65. The van der Waals surface area contributed by atoms with E-state index >= 15 is 0 Å². The van der Waals surface area contributed by atoms with Crippen molar-refractivity contribution in [3.8, 4) is 17.1 Å². The van der Waals surface area contributed by atoms with Crippen LogP contribution in [0.4, 0.5) is 17.6 Å². The standard InChI is InChI=1S/C13H10F4O2/c1-7-3-4-19-12(7)8-5-10(14)9(13(15,16)17)6-11(8)18-2/h3-6H,1-2H3. The first-order chi connectivity index (χ1) is 8.84. The van der Waals surface area contributed by atoms with Gasteiger partial charge in [-0.2, -0.15) is 13.2 Å². The van der Waals surface area contributed by atoms with Gasteiger partial charge < -0.3 is 9.15 Å². The molecule has 2 aromatic rings. The van der Waals surface area contributed by atoms with Crippen molar-refractivity contribution in [1.82, 2.24) is 0 Å². The number of halogens is 4. The average molecular weight is 274 g/mol. The highest BCUT2D eigenvalue weighted by molar-refractivity contribution is 5.69. The van der Waals surface area contributed by atoms with Crippen LogP contribution in [0.15, 0.2) is 28.9 Å². The maximum atomic E-state index is 13.6. The monoisotopic (exact) mass is 274 g/mol. The molecule has 1 heterocycles. The SMILES string of the molecule is COc1cc(C(F)(F)F)c(F)cc1-c1occc1C. The summed E-state index contributed by atoms with van der Waals surface area (Å²) in [6.07, 6.45) is -3.40. The van der Waals surface area contributed by atoms with Crippen LogP contribution in [0.1, 0.15) is 11.1 Å². The fourth-order valence-electron chi connectivity index (χ4n) is 1.77. The van der Waals surface area contributed by atoms with Gasteiger partial charge in [-0.25, -0.2) is 4.39 Å². The molecule has 0 aliphatic rings. The third kappa shape index (κ3) is 2.43. The van der Waals surface area contributed by atoms with Crippen molar-refractivity contribution in [3.63, 3.8) is 0 Å². The molecule has 102 valence electrons. The highest BCUT2D eigenvalue weighted by atomic mass is 19.4. The molecule has 0 bridgehead atoms. The van der Waals surface area contributed by atoms with E-state index in [1.54, 1.807) is 13.0 Å². The van der Waals surface area contributed by atoms with Crippen molar-refractivity contribution in [2.75, 3.05) is 7.11 Å². The van der Waals surface area contributed by atoms with Crippen LogP contribution < -0.4 is 4.74 Å². The summed E-state index contributed by atoms with van der Waals surface area (Å²) in [5.41, 5.74) is -0.537. The Labute approximate surface area is 106 Å². The molecule has 0 saturated carbocycles. The first kappa shape index (κ1) is 13.5. The van der Waals surface area contributed by atoms with Gasteiger partial charge in [0.15, 0.2) is 0 Å². The molecule has 2 rings (SSSR count). The quantitative estimate of drug-likeness (QED) is 0.756. The van der Waals surface area contributed by atoms with Crippen LogP contribution in [0.3, 0.4) is 0 Å². The molecule has 19 heavy (non-hydrogen) atoms. The molecule has 0 saturated heterocycles. The molecule has 0 aliphatic heterocycles. The molecule has 0 radical (unpaired) electrons. The van der Waals surface area contributed by atoms with E-state index in [0.717, 1.165) is 6.07 Å². The number of rotatable bonds is 2. The summed E-state index contributed by atoms with van der Waals surface area (Å²) >= 11 is 0. The van der Waals surface area contributed by atoms with E-state index in [2.05, 4.69) is 0 Å². The highest BCUT2D eigenvalue weighted by Crippen LogP contribution is 2.40. The zero-order valence-corrected chi connectivity index (χ0v) is 10.1. The smallest absolute Gasteiger partial charge is 0.419 e. The predicted octanol–water partition coefficient (Wildman–Crippen LogP) is 4.42. The Morgan fingerprint density at radius 2 is 1.89 bits per heavy atom. The van der Waals surface area contributed by atoms with Gasteiger partial charge in [0.05, 0.1) is 24.5 Å². The second kappa shape index (κ2) is 4.60. The number of ether oxygens (including phenoxy) is 1. The van der Waals surface area contributed by atoms with Crippen LogP contribution >= 0.6 is 0 Å². The van der Waals surface area contributed by atoms with E-state index in [0.29, 0.717) is 11.6 Å². The molecule has 0 unspecified atom stereocenters. The van der Waals surface area contributed by atoms with Crippen molar-refractivity contribution in [1.29, 1.82) is 0 Å². The first-order valence-electron chi connectivity index (χ1n) is 5.33. The fourth-order valence-corrected chi connectivity index (χ4v) is 1.77. The van der Waals surface area contributed by atoms with Gasteiger partial charge in [-0.3, -0.25) is 0 Å². The maximum Gasteiger partial charge on any atom is 0.419 e. The van der Waals surface area contributed by atoms with Gasteiger partial charge in [-0.1, -0.05) is 0 Å². The third-order valence-electron chi connectivity index (χ3n) is 2.70. The second-order valence-corrected chi connectivity index (χ2v) is 3.96. The summed E-state index contributed by atoms with van der Waals surface area (Å²) in [5.74, 6) is -1.17. The molecule has 0 atom stereocenters. The molecule has 0 amide bonds. The van der Waals surface area contributed by atoms with Gasteiger partial charge in [0.2, 0.25) is 0 Å². The minimum atomic E-state index is -4.77. The number of hydrogen-bond acceptors (Lipinski definition) is 2. The number of methoxy groups -OCH3 is 1. The second-order valence-electron chi connectivity index (χ2n) is 3.96. The van der Waals surface area contributed by atoms with Crippen LogP contribution in [0.25, 0.3) is 11.3 Å². The Morgan fingerprint density at radius 3 is 2.37 bits per heavy atom. The normalized spacial score (nSPS) is 11.7. The molecule has 1 aromatic heterocycles. The van der Waals surface area contributed by atoms with E-state index in [9.17, 15) is 17.6 Å². The third-order valence-corrected chi connectivity index (χ3v) is 2.70. The van der Waals surface area contributed by atoms with Gasteiger partial charge >= 0.3 is 6.18 Å². The van der Waals surface area contributed by atoms with Crippen molar-refractivity contribution >= 4 is 0 Å². The lowest BCUT2D eigenvalue weighted by molar-refractivity contribution is -0.140. The Kier molecular flexibility index (Phi) is 3.26. The van der Waals surface area contributed by atoms with Crippen LogP contribution in [0.2, 0.25) is 0 Å². The lowest BCUT2D eigenvalue weighted by Gasteiger charge is -2.13. The van der Waals surface area contributed by atoms with Crippen molar-refractivity contribution in [3.05, 3.63) is 41.4 Å². The average Bonchev–Trinajstić information content (AvgIpc) is 2.73. The van der Waals surface area contributed by atoms with Gasteiger partial charge in [-0.05, 0) is 30.7 Å². The minimum Gasteiger partial charge on any atom is -0.496 e. The molecule has 2 nitrogen and oxygen atoms in total. The topological polar surface area (TPSA) is 22.4 Å². The molecule has 0 N–H and O–H groups in total. The van der Waals surface area contributed by atoms with E-state index < -0.39 is 17.6 Å². The molecular formula is C13H10F4O2. The van der Waals surface area contributed by atoms with Crippen LogP contribution in [0, 0.1) is 12.7 Å². The highest BCUT2D eigenvalue weighted by Gasteiger charge is 2.35. The van der Waals surface area contributed by atoms with Gasteiger partial charge in [-0.15, -0.1) is 0 Å². The molecule has 0 aliphatic carbocycles. The van der Waals surface area contributed by atoms with E-state index in [1.165, 1.54) is 13.4 Å². The molecule has 0 spiro atoms. The van der Waals surface area contributed by atoms with E-state index in [-0.39, 0.29) is 17.1 Å². The summed E-state index contributed by atoms with van der Waals surface area (Å²) in [6, 6.07) is 3.03. The number of furan rings is 1. The van der Waals surface area contributed by atoms with Gasteiger partial charge in [0.1, 0.15) is 17.3 Å². The molecule has 0 fully saturated rings. The van der Waals surface area contributed by atoms with Crippen molar-refractivity contribution in [2.45, 2.75) is 13.1 Å². The van der Waals surface area contributed by atoms with Crippen LogP contribution in [0.5, 0.6) is 5.75 Å². The number of aryl methyl sites for hydroxylation is 1. The zero-order valence-electron chi connectivity index (χ0n) is 10.1. The zero-order chi connectivity index (χ0) is 14.2. The fraction of sp³-hybridized carbons (Fsp3) is 0.231. The summed E-state index contributed by atoms with van der Waals surface area (Å²) in [6.45, 7) is 1.70. The van der Waals surface area contributed by atoms with E-state index in [4.69, 9.17) is 9.15 Å². The number of benzene rings is 1. The number of hydrogen-bond donors (Lipinski definition) is 0. The molecular weight excluding hydrogens is 264 g/mol. The minimum absolute atomic E-state index is 0.0909. The summed E-state index contributed by atoms with van der Waals surface area (Å²) in [4.78, 5) is 0. The lowest BCUT2D eigenvalue weighted by atomic mass is 10.0. The van der Waals surface area contributed by atoms with Gasteiger partial charge in [0, 0.05) is 0 Å². The Hall–Kier alpha value is -1.98. The van der Waals surface area contributed by atoms with Crippen molar-refractivity contribution in [2.24, 2.45) is 0 Å². The van der Waals surface area contributed by atoms with Crippen LogP contribution in [-0.2, 0) is 6.18 Å².